The molecule has 0 bridgehead atoms. The van der Waals surface area contributed by atoms with Crippen LogP contribution >= 0.6 is 0 Å². The summed E-state index contributed by atoms with van der Waals surface area (Å²) in [6.45, 7) is 7.85. The fraction of sp³-hybridized carbons (Fsp3) is 0.400. The van der Waals surface area contributed by atoms with Gasteiger partial charge in [-0.3, -0.25) is 0 Å². The third-order valence-electron chi connectivity index (χ3n) is 4.30. The van der Waals surface area contributed by atoms with Crippen LogP contribution in [0.2, 0.25) is 0 Å². The second-order valence-electron chi connectivity index (χ2n) is 6.15. The van der Waals surface area contributed by atoms with Gasteiger partial charge in [0, 0.05) is 12.0 Å². The van der Waals surface area contributed by atoms with Crippen molar-refractivity contribution in [1.82, 2.24) is 5.32 Å². The molecule has 2 rings (SSSR count). The van der Waals surface area contributed by atoms with Crippen molar-refractivity contribution >= 4 is 0 Å². The van der Waals surface area contributed by atoms with E-state index in [2.05, 4.69) is 86.8 Å². The lowest BCUT2D eigenvalue weighted by atomic mass is 9.88. The Morgan fingerprint density at radius 3 is 1.67 bits per heavy atom. The highest BCUT2D eigenvalue weighted by atomic mass is 14.9. The zero-order valence-electron chi connectivity index (χ0n) is 13.4. The molecular formula is C20H27N. The van der Waals surface area contributed by atoms with Crippen LogP contribution in [0.5, 0.6) is 0 Å². The summed E-state index contributed by atoms with van der Waals surface area (Å²) in [6, 6.07) is 22.2. The van der Waals surface area contributed by atoms with Gasteiger partial charge in [-0.05, 0) is 36.9 Å². The lowest BCUT2D eigenvalue weighted by Crippen LogP contribution is -2.32. The molecule has 0 heterocycles. The van der Waals surface area contributed by atoms with Gasteiger partial charge in [-0.2, -0.15) is 0 Å². The highest BCUT2D eigenvalue weighted by Gasteiger charge is 2.14. The quantitative estimate of drug-likeness (QED) is 0.765. The Morgan fingerprint density at radius 2 is 1.24 bits per heavy atom. The molecular weight excluding hydrogens is 254 g/mol. The molecule has 0 fully saturated rings. The minimum Gasteiger partial charge on any atom is -0.314 e. The second kappa shape index (κ2) is 7.99. The van der Waals surface area contributed by atoms with E-state index in [1.54, 1.807) is 0 Å². The van der Waals surface area contributed by atoms with E-state index in [0.717, 1.165) is 13.0 Å². The van der Waals surface area contributed by atoms with Crippen molar-refractivity contribution in [3.8, 4) is 0 Å². The second-order valence-corrected chi connectivity index (χ2v) is 6.15. The SMILES string of the molecule is CC(C)C(C)NCCC(c1ccccc1)c1ccccc1. The van der Waals surface area contributed by atoms with Crippen LogP contribution in [-0.4, -0.2) is 12.6 Å². The fourth-order valence-electron chi connectivity index (χ4n) is 2.59. The molecule has 1 heteroatoms. The van der Waals surface area contributed by atoms with Crippen molar-refractivity contribution in [2.75, 3.05) is 6.54 Å². The molecule has 0 saturated heterocycles. The van der Waals surface area contributed by atoms with Crippen molar-refractivity contribution in [2.24, 2.45) is 5.92 Å². The van der Waals surface area contributed by atoms with Gasteiger partial charge in [0.1, 0.15) is 0 Å². The van der Waals surface area contributed by atoms with E-state index in [-0.39, 0.29) is 0 Å². The Hall–Kier alpha value is -1.60. The molecule has 112 valence electrons. The predicted molar refractivity (Wildman–Crippen MR) is 91.6 cm³/mol. The molecule has 0 aliphatic heterocycles. The van der Waals surface area contributed by atoms with E-state index >= 15 is 0 Å². The van der Waals surface area contributed by atoms with Gasteiger partial charge in [-0.25, -0.2) is 0 Å². The summed E-state index contributed by atoms with van der Waals surface area (Å²) in [5.74, 6) is 1.15. The van der Waals surface area contributed by atoms with Gasteiger partial charge in [0.15, 0.2) is 0 Å². The molecule has 0 spiro atoms. The fourth-order valence-corrected chi connectivity index (χ4v) is 2.59. The first-order valence-electron chi connectivity index (χ1n) is 8.01. The van der Waals surface area contributed by atoms with E-state index in [0.29, 0.717) is 17.9 Å². The van der Waals surface area contributed by atoms with Crippen LogP contribution in [0, 0.1) is 5.92 Å². The van der Waals surface area contributed by atoms with Gasteiger partial charge >= 0.3 is 0 Å². The first kappa shape index (κ1) is 15.8. The highest BCUT2D eigenvalue weighted by molar-refractivity contribution is 5.32. The van der Waals surface area contributed by atoms with Crippen LogP contribution in [0.4, 0.5) is 0 Å². The zero-order valence-corrected chi connectivity index (χ0v) is 13.4. The summed E-state index contributed by atoms with van der Waals surface area (Å²) in [5.41, 5.74) is 2.81. The molecule has 1 atom stereocenters. The number of rotatable bonds is 7. The maximum absolute atomic E-state index is 3.65. The molecule has 0 amide bonds. The molecule has 21 heavy (non-hydrogen) atoms. The summed E-state index contributed by atoms with van der Waals surface area (Å²) in [6.07, 6.45) is 1.13. The molecule has 0 saturated carbocycles. The third kappa shape index (κ3) is 4.71. The molecule has 0 aliphatic carbocycles. The predicted octanol–water partition coefficient (Wildman–Crippen LogP) is 4.84. The first-order valence-corrected chi connectivity index (χ1v) is 8.01. The van der Waals surface area contributed by atoms with Crippen LogP contribution in [0.1, 0.15) is 44.2 Å². The lowest BCUT2D eigenvalue weighted by Gasteiger charge is -2.22. The summed E-state index contributed by atoms with van der Waals surface area (Å²) in [4.78, 5) is 0. The maximum Gasteiger partial charge on any atom is 0.0101 e. The number of benzene rings is 2. The zero-order chi connectivity index (χ0) is 15.1. The van der Waals surface area contributed by atoms with E-state index < -0.39 is 0 Å². The van der Waals surface area contributed by atoms with E-state index in [9.17, 15) is 0 Å². The van der Waals surface area contributed by atoms with Crippen LogP contribution in [0.3, 0.4) is 0 Å². The van der Waals surface area contributed by atoms with Gasteiger partial charge in [0.2, 0.25) is 0 Å². The Bertz CT molecular complexity index is 464. The Balaban J connectivity index is 2.07. The Morgan fingerprint density at radius 1 is 0.762 bits per heavy atom. The summed E-state index contributed by atoms with van der Waals surface area (Å²) < 4.78 is 0. The number of hydrogen-bond acceptors (Lipinski definition) is 1. The topological polar surface area (TPSA) is 12.0 Å². The summed E-state index contributed by atoms with van der Waals surface area (Å²) in [7, 11) is 0. The van der Waals surface area contributed by atoms with Crippen LogP contribution < -0.4 is 5.32 Å². The minimum atomic E-state index is 0.472. The van der Waals surface area contributed by atoms with Gasteiger partial charge < -0.3 is 5.32 Å². The van der Waals surface area contributed by atoms with E-state index in [1.807, 2.05) is 0 Å². The molecule has 2 aromatic rings. The van der Waals surface area contributed by atoms with Crippen LogP contribution in [0.25, 0.3) is 0 Å². The molecule has 1 nitrogen and oxygen atoms in total. The Kier molecular flexibility index (Phi) is 6.01. The van der Waals surface area contributed by atoms with Crippen molar-refractivity contribution in [2.45, 2.75) is 39.2 Å². The highest BCUT2D eigenvalue weighted by Crippen LogP contribution is 2.27. The van der Waals surface area contributed by atoms with E-state index in [1.165, 1.54) is 11.1 Å². The molecule has 1 unspecified atom stereocenters. The molecule has 0 radical (unpaired) electrons. The van der Waals surface area contributed by atoms with Crippen molar-refractivity contribution in [3.05, 3.63) is 71.8 Å². The molecule has 1 N–H and O–H groups in total. The Labute approximate surface area is 129 Å². The first-order chi connectivity index (χ1) is 10.2. The molecule has 0 aromatic heterocycles. The van der Waals surface area contributed by atoms with Gasteiger partial charge in [-0.15, -0.1) is 0 Å². The average Bonchev–Trinajstić information content (AvgIpc) is 2.53. The standard InChI is InChI=1S/C20H27N/c1-16(2)17(3)21-15-14-20(18-10-6-4-7-11-18)19-12-8-5-9-13-19/h4-13,16-17,20-21H,14-15H2,1-3H3. The summed E-state index contributed by atoms with van der Waals surface area (Å²) >= 11 is 0. The molecule has 2 aromatic carbocycles. The lowest BCUT2D eigenvalue weighted by molar-refractivity contribution is 0.420. The maximum atomic E-state index is 3.65. The largest absolute Gasteiger partial charge is 0.314 e. The average molecular weight is 281 g/mol. The minimum absolute atomic E-state index is 0.472. The monoisotopic (exact) mass is 281 g/mol. The van der Waals surface area contributed by atoms with Crippen molar-refractivity contribution < 1.29 is 0 Å². The van der Waals surface area contributed by atoms with Crippen LogP contribution in [0.15, 0.2) is 60.7 Å². The van der Waals surface area contributed by atoms with Crippen LogP contribution in [-0.2, 0) is 0 Å². The van der Waals surface area contributed by atoms with E-state index in [4.69, 9.17) is 0 Å². The number of hydrogen-bond donors (Lipinski definition) is 1. The van der Waals surface area contributed by atoms with Gasteiger partial charge in [0.25, 0.3) is 0 Å². The van der Waals surface area contributed by atoms with Crippen molar-refractivity contribution in [1.29, 1.82) is 0 Å². The smallest absolute Gasteiger partial charge is 0.0101 e. The van der Waals surface area contributed by atoms with Gasteiger partial charge in [-0.1, -0.05) is 74.5 Å². The third-order valence-corrected chi connectivity index (χ3v) is 4.30. The number of nitrogens with one attached hydrogen (secondary N) is 1. The van der Waals surface area contributed by atoms with Crippen molar-refractivity contribution in [3.63, 3.8) is 0 Å². The normalized spacial score (nSPS) is 12.8. The molecule has 0 aliphatic rings. The van der Waals surface area contributed by atoms with Gasteiger partial charge in [0.05, 0.1) is 0 Å². The summed E-state index contributed by atoms with van der Waals surface area (Å²) in [5, 5.41) is 3.65.